The van der Waals surface area contributed by atoms with Crippen LogP contribution in [-0.2, 0) is 11.2 Å². The van der Waals surface area contributed by atoms with Gasteiger partial charge in [-0.1, -0.05) is 60.7 Å². The van der Waals surface area contributed by atoms with Gasteiger partial charge in [0.15, 0.2) is 5.78 Å². The summed E-state index contributed by atoms with van der Waals surface area (Å²) in [6, 6.07) is 19.5. The van der Waals surface area contributed by atoms with Crippen LogP contribution in [0.4, 0.5) is 0 Å². The van der Waals surface area contributed by atoms with E-state index in [-0.39, 0.29) is 5.78 Å². The first-order chi connectivity index (χ1) is 9.77. The van der Waals surface area contributed by atoms with Crippen LogP contribution in [0.2, 0.25) is 0 Å². The van der Waals surface area contributed by atoms with Crippen molar-refractivity contribution in [2.45, 2.75) is 31.7 Å². The Hall–Kier alpha value is -1.93. The summed E-state index contributed by atoms with van der Waals surface area (Å²) in [6.07, 6.45) is 3.50. The number of Topliss-reactive ketones (excluding diaryl/α,β-unsaturated/α-hetero) is 1. The van der Waals surface area contributed by atoms with Crippen molar-refractivity contribution < 1.29 is 4.79 Å². The molecule has 0 bridgehead atoms. The molecule has 0 aromatic heterocycles. The Labute approximate surface area is 120 Å². The van der Waals surface area contributed by atoms with Crippen molar-refractivity contribution in [2.75, 3.05) is 0 Å². The molecule has 0 fully saturated rings. The summed E-state index contributed by atoms with van der Waals surface area (Å²) < 4.78 is 0. The van der Waals surface area contributed by atoms with Crippen molar-refractivity contribution in [3.63, 3.8) is 0 Å². The summed E-state index contributed by atoms with van der Waals surface area (Å²) in [5.74, 6) is 0.129. The van der Waals surface area contributed by atoms with Gasteiger partial charge in [-0.2, -0.15) is 0 Å². The Balaban J connectivity index is 1.73. The SMILES string of the molecule is NC(C(=O)CCCCc1ccccc1)c1ccccc1. The molecule has 2 rings (SSSR count). The van der Waals surface area contributed by atoms with Crippen LogP contribution in [0.1, 0.15) is 36.4 Å². The Morgan fingerprint density at radius 3 is 2.15 bits per heavy atom. The molecule has 0 heterocycles. The molecule has 104 valence electrons. The highest BCUT2D eigenvalue weighted by molar-refractivity contribution is 5.84. The van der Waals surface area contributed by atoms with Crippen molar-refractivity contribution in [3.8, 4) is 0 Å². The van der Waals surface area contributed by atoms with Gasteiger partial charge >= 0.3 is 0 Å². The second-order valence-corrected chi connectivity index (χ2v) is 5.05. The van der Waals surface area contributed by atoms with Crippen LogP contribution in [0.5, 0.6) is 0 Å². The fourth-order valence-electron chi connectivity index (χ4n) is 2.27. The number of aryl methyl sites for hydroxylation is 1. The topological polar surface area (TPSA) is 43.1 Å². The van der Waals surface area contributed by atoms with Crippen LogP contribution in [0.15, 0.2) is 60.7 Å². The summed E-state index contributed by atoms with van der Waals surface area (Å²) >= 11 is 0. The number of hydrogen-bond acceptors (Lipinski definition) is 2. The predicted molar refractivity (Wildman–Crippen MR) is 82.4 cm³/mol. The maximum atomic E-state index is 12.0. The van der Waals surface area contributed by atoms with E-state index < -0.39 is 6.04 Å². The zero-order valence-corrected chi connectivity index (χ0v) is 11.7. The summed E-state index contributed by atoms with van der Waals surface area (Å²) in [5.41, 5.74) is 8.21. The Morgan fingerprint density at radius 1 is 0.900 bits per heavy atom. The van der Waals surface area contributed by atoms with Crippen molar-refractivity contribution in [1.29, 1.82) is 0 Å². The first kappa shape index (κ1) is 14.5. The third-order valence-corrected chi connectivity index (χ3v) is 3.49. The van der Waals surface area contributed by atoms with Crippen LogP contribution in [0.25, 0.3) is 0 Å². The molecule has 2 aromatic rings. The highest BCUT2D eigenvalue weighted by Crippen LogP contribution is 2.14. The average Bonchev–Trinajstić information content (AvgIpc) is 2.52. The van der Waals surface area contributed by atoms with Gasteiger partial charge in [-0.05, 0) is 30.4 Å². The molecule has 0 spiro atoms. The standard InChI is InChI=1S/C18H21NO/c19-18(16-12-5-2-6-13-16)17(20)14-8-7-11-15-9-3-1-4-10-15/h1-6,9-10,12-13,18H,7-8,11,14,19H2. The highest BCUT2D eigenvalue weighted by atomic mass is 16.1. The van der Waals surface area contributed by atoms with Crippen molar-refractivity contribution in [1.82, 2.24) is 0 Å². The van der Waals surface area contributed by atoms with Crippen LogP contribution in [-0.4, -0.2) is 5.78 Å². The van der Waals surface area contributed by atoms with E-state index in [9.17, 15) is 4.79 Å². The van der Waals surface area contributed by atoms with Gasteiger partial charge in [0.2, 0.25) is 0 Å². The van der Waals surface area contributed by atoms with Gasteiger partial charge in [0.25, 0.3) is 0 Å². The number of ketones is 1. The van der Waals surface area contributed by atoms with E-state index in [1.165, 1.54) is 5.56 Å². The number of carbonyl (C=O) groups excluding carboxylic acids is 1. The second-order valence-electron chi connectivity index (χ2n) is 5.05. The minimum atomic E-state index is -0.479. The van der Waals surface area contributed by atoms with E-state index in [0.717, 1.165) is 24.8 Å². The molecule has 2 heteroatoms. The van der Waals surface area contributed by atoms with Crippen molar-refractivity contribution >= 4 is 5.78 Å². The molecule has 2 N–H and O–H groups in total. The quantitative estimate of drug-likeness (QED) is 0.778. The molecule has 20 heavy (non-hydrogen) atoms. The lowest BCUT2D eigenvalue weighted by molar-refractivity contribution is -0.120. The summed E-state index contributed by atoms with van der Waals surface area (Å²) in [6.45, 7) is 0. The molecule has 2 nitrogen and oxygen atoms in total. The van der Waals surface area contributed by atoms with Gasteiger partial charge in [0, 0.05) is 6.42 Å². The molecule has 0 radical (unpaired) electrons. The number of carbonyl (C=O) groups is 1. The third-order valence-electron chi connectivity index (χ3n) is 3.49. The zero-order chi connectivity index (χ0) is 14.2. The van der Waals surface area contributed by atoms with Gasteiger partial charge in [0.05, 0.1) is 6.04 Å². The summed E-state index contributed by atoms with van der Waals surface area (Å²) in [7, 11) is 0. The lowest BCUT2D eigenvalue weighted by Crippen LogP contribution is -2.21. The first-order valence-electron chi connectivity index (χ1n) is 7.14. The molecule has 0 aliphatic heterocycles. The van der Waals surface area contributed by atoms with E-state index in [1.807, 2.05) is 48.5 Å². The third kappa shape index (κ3) is 4.32. The molecule has 1 atom stereocenters. The smallest absolute Gasteiger partial charge is 0.154 e. The predicted octanol–water partition coefficient (Wildman–Crippen LogP) is 3.67. The normalized spacial score (nSPS) is 12.1. The van der Waals surface area contributed by atoms with Crippen LogP contribution >= 0.6 is 0 Å². The van der Waals surface area contributed by atoms with E-state index in [2.05, 4.69) is 12.1 Å². The minimum absolute atomic E-state index is 0.129. The second kappa shape index (κ2) is 7.61. The zero-order valence-electron chi connectivity index (χ0n) is 11.7. The number of unbranched alkanes of at least 4 members (excludes halogenated alkanes) is 1. The van der Waals surface area contributed by atoms with Crippen LogP contribution in [0.3, 0.4) is 0 Å². The highest BCUT2D eigenvalue weighted by Gasteiger charge is 2.14. The fourth-order valence-corrected chi connectivity index (χ4v) is 2.27. The molecular weight excluding hydrogens is 246 g/mol. The largest absolute Gasteiger partial charge is 0.318 e. The summed E-state index contributed by atoms with van der Waals surface area (Å²) in [5, 5.41) is 0. The summed E-state index contributed by atoms with van der Waals surface area (Å²) in [4.78, 5) is 12.0. The number of rotatable bonds is 7. The molecule has 0 saturated heterocycles. The Kier molecular flexibility index (Phi) is 5.51. The molecule has 0 amide bonds. The molecular formula is C18H21NO. The van der Waals surface area contributed by atoms with Gasteiger partial charge in [0.1, 0.15) is 0 Å². The van der Waals surface area contributed by atoms with Crippen molar-refractivity contribution in [3.05, 3.63) is 71.8 Å². The molecule has 0 saturated carbocycles. The first-order valence-corrected chi connectivity index (χ1v) is 7.14. The number of hydrogen-bond donors (Lipinski definition) is 1. The fraction of sp³-hybridized carbons (Fsp3) is 0.278. The van der Waals surface area contributed by atoms with E-state index in [0.29, 0.717) is 6.42 Å². The van der Waals surface area contributed by atoms with Gasteiger partial charge in [-0.3, -0.25) is 4.79 Å². The maximum Gasteiger partial charge on any atom is 0.154 e. The van der Waals surface area contributed by atoms with Crippen LogP contribution in [0, 0.1) is 0 Å². The Morgan fingerprint density at radius 2 is 1.50 bits per heavy atom. The number of benzene rings is 2. The van der Waals surface area contributed by atoms with E-state index in [4.69, 9.17) is 5.73 Å². The average molecular weight is 267 g/mol. The van der Waals surface area contributed by atoms with E-state index >= 15 is 0 Å². The minimum Gasteiger partial charge on any atom is -0.318 e. The van der Waals surface area contributed by atoms with Crippen LogP contribution < -0.4 is 5.73 Å². The van der Waals surface area contributed by atoms with Gasteiger partial charge < -0.3 is 5.73 Å². The van der Waals surface area contributed by atoms with Gasteiger partial charge in [-0.25, -0.2) is 0 Å². The Bertz CT molecular complexity index is 522. The number of nitrogens with two attached hydrogens (primary N) is 1. The molecule has 0 aliphatic rings. The molecule has 0 aliphatic carbocycles. The lowest BCUT2D eigenvalue weighted by Gasteiger charge is -2.10. The molecule has 2 aromatic carbocycles. The van der Waals surface area contributed by atoms with Crippen molar-refractivity contribution in [2.24, 2.45) is 5.73 Å². The van der Waals surface area contributed by atoms with Gasteiger partial charge in [-0.15, -0.1) is 0 Å². The van der Waals surface area contributed by atoms with E-state index in [1.54, 1.807) is 0 Å². The maximum absolute atomic E-state index is 12.0. The monoisotopic (exact) mass is 267 g/mol. The molecule has 1 unspecified atom stereocenters. The lowest BCUT2D eigenvalue weighted by atomic mass is 9.99.